The molecule has 0 aliphatic rings. The SMILES string of the molecule is CCCCCCCC[n+]1cccc(CCCCCC)c1. The van der Waals surface area contributed by atoms with E-state index in [4.69, 9.17) is 0 Å². The van der Waals surface area contributed by atoms with Crippen molar-refractivity contribution in [2.75, 3.05) is 0 Å². The standard InChI is InChI=1S/C19H34N/c1-3-5-7-9-10-12-16-20-17-13-15-19(18-20)14-11-8-6-4-2/h13,15,17-18H,3-12,14,16H2,1-2H3/q+1. The lowest BCUT2D eigenvalue weighted by molar-refractivity contribution is -0.697. The minimum atomic E-state index is 1.19. The topological polar surface area (TPSA) is 3.88 Å². The van der Waals surface area contributed by atoms with Crippen molar-refractivity contribution < 1.29 is 4.57 Å². The molecule has 1 nitrogen and oxygen atoms in total. The Morgan fingerprint density at radius 2 is 1.45 bits per heavy atom. The van der Waals surface area contributed by atoms with Crippen LogP contribution in [0.1, 0.15) is 83.6 Å². The van der Waals surface area contributed by atoms with Gasteiger partial charge in [0.25, 0.3) is 0 Å². The fourth-order valence-corrected chi connectivity index (χ4v) is 2.69. The lowest BCUT2D eigenvalue weighted by Gasteiger charge is -2.02. The molecule has 0 spiro atoms. The third-order valence-corrected chi connectivity index (χ3v) is 4.01. The minimum absolute atomic E-state index is 1.19. The quantitative estimate of drug-likeness (QED) is 0.353. The van der Waals surface area contributed by atoms with Gasteiger partial charge in [0.15, 0.2) is 12.4 Å². The molecule has 0 saturated carbocycles. The summed E-state index contributed by atoms with van der Waals surface area (Å²) in [5.41, 5.74) is 1.51. The molecule has 0 aliphatic carbocycles. The van der Waals surface area contributed by atoms with Gasteiger partial charge in [-0.15, -0.1) is 0 Å². The van der Waals surface area contributed by atoms with Crippen molar-refractivity contribution in [2.45, 2.75) is 91.0 Å². The van der Waals surface area contributed by atoms with Gasteiger partial charge in [-0.05, 0) is 25.3 Å². The van der Waals surface area contributed by atoms with Crippen molar-refractivity contribution in [3.05, 3.63) is 30.1 Å². The second kappa shape index (κ2) is 11.9. The predicted molar refractivity (Wildman–Crippen MR) is 87.9 cm³/mol. The highest BCUT2D eigenvalue weighted by Gasteiger charge is 2.02. The maximum Gasteiger partial charge on any atom is 0.171 e. The minimum Gasteiger partial charge on any atom is -0.205 e. The summed E-state index contributed by atoms with van der Waals surface area (Å²) in [5, 5.41) is 0. The number of nitrogens with zero attached hydrogens (tertiary/aromatic N) is 1. The molecule has 20 heavy (non-hydrogen) atoms. The highest BCUT2D eigenvalue weighted by atomic mass is 14.9. The van der Waals surface area contributed by atoms with Crippen LogP contribution in [0.5, 0.6) is 0 Å². The van der Waals surface area contributed by atoms with Crippen molar-refractivity contribution in [2.24, 2.45) is 0 Å². The van der Waals surface area contributed by atoms with Gasteiger partial charge in [-0.25, -0.2) is 4.57 Å². The molecule has 0 aromatic carbocycles. The van der Waals surface area contributed by atoms with Crippen molar-refractivity contribution in [3.63, 3.8) is 0 Å². The molecule has 1 heterocycles. The van der Waals surface area contributed by atoms with Crippen LogP contribution >= 0.6 is 0 Å². The summed E-state index contributed by atoms with van der Waals surface area (Å²) in [4.78, 5) is 0. The number of hydrogen-bond donors (Lipinski definition) is 0. The third kappa shape index (κ3) is 8.35. The number of unbranched alkanes of at least 4 members (excludes halogenated alkanes) is 8. The molecule has 1 rings (SSSR count). The number of rotatable bonds is 12. The van der Waals surface area contributed by atoms with E-state index in [0.717, 1.165) is 0 Å². The molecular formula is C19H34N+. The van der Waals surface area contributed by atoms with Crippen molar-refractivity contribution in [1.82, 2.24) is 0 Å². The Labute approximate surface area is 126 Å². The molecule has 0 atom stereocenters. The van der Waals surface area contributed by atoms with Crippen LogP contribution in [0, 0.1) is 0 Å². The molecule has 0 fully saturated rings. The number of hydrogen-bond acceptors (Lipinski definition) is 0. The van der Waals surface area contributed by atoms with Crippen molar-refractivity contribution >= 4 is 0 Å². The highest BCUT2D eigenvalue weighted by molar-refractivity contribution is 5.05. The van der Waals surface area contributed by atoms with Gasteiger partial charge >= 0.3 is 0 Å². The van der Waals surface area contributed by atoms with E-state index in [9.17, 15) is 0 Å². The van der Waals surface area contributed by atoms with Crippen LogP contribution in [-0.2, 0) is 13.0 Å². The van der Waals surface area contributed by atoms with Gasteiger partial charge in [-0.3, -0.25) is 0 Å². The zero-order chi connectivity index (χ0) is 14.5. The number of aryl methyl sites for hydroxylation is 2. The molecule has 0 unspecified atom stereocenters. The van der Waals surface area contributed by atoms with Crippen molar-refractivity contribution in [1.29, 1.82) is 0 Å². The van der Waals surface area contributed by atoms with Crippen molar-refractivity contribution in [3.8, 4) is 0 Å². The summed E-state index contributed by atoms with van der Waals surface area (Å²) in [6.07, 6.45) is 19.5. The lowest BCUT2D eigenvalue weighted by Crippen LogP contribution is -2.33. The predicted octanol–water partition coefficient (Wildman–Crippen LogP) is 5.46. The molecule has 0 saturated heterocycles. The van der Waals surface area contributed by atoms with E-state index in [-0.39, 0.29) is 0 Å². The van der Waals surface area contributed by atoms with Crippen LogP contribution < -0.4 is 4.57 Å². The van der Waals surface area contributed by atoms with E-state index < -0.39 is 0 Å². The first-order valence-electron chi connectivity index (χ1n) is 8.84. The summed E-state index contributed by atoms with van der Waals surface area (Å²) in [7, 11) is 0. The largest absolute Gasteiger partial charge is 0.205 e. The van der Waals surface area contributed by atoms with Gasteiger partial charge < -0.3 is 0 Å². The summed E-state index contributed by atoms with van der Waals surface area (Å²) in [6.45, 7) is 5.74. The maximum atomic E-state index is 2.38. The molecule has 0 aliphatic heterocycles. The zero-order valence-electron chi connectivity index (χ0n) is 13.7. The van der Waals surface area contributed by atoms with Gasteiger partial charge in [0.05, 0.1) is 0 Å². The van der Waals surface area contributed by atoms with E-state index in [2.05, 4.69) is 42.9 Å². The van der Waals surface area contributed by atoms with Crippen LogP contribution in [0.2, 0.25) is 0 Å². The Morgan fingerprint density at radius 3 is 2.20 bits per heavy atom. The van der Waals surface area contributed by atoms with E-state index in [0.29, 0.717) is 0 Å². The van der Waals surface area contributed by atoms with Gasteiger partial charge in [-0.2, -0.15) is 0 Å². The fraction of sp³-hybridized carbons (Fsp3) is 0.737. The third-order valence-electron chi connectivity index (χ3n) is 4.01. The second-order valence-corrected chi connectivity index (χ2v) is 6.03. The van der Waals surface area contributed by atoms with Crippen LogP contribution in [0.3, 0.4) is 0 Å². The Bertz CT molecular complexity index is 332. The molecule has 114 valence electrons. The van der Waals surface area contributed by atoms with Crippen LogP contribution in [0.15, 0.2) is 24.5 Å². The monoisotopic (exact) mass is 276 g/mol. The maximum absolute atomic E-state index is 2.38. The molecule has 0 amide bonds. The molecule has 0 radical (unpaired) electrons. The Hall–Kier alpha value is -0.850. The van der Waals surface area contributed by atoms with E-state index in [1.54, 1.807) is 0 Å². The Morgan fingerprint density at radius 1 is 0.800 bits per heavy atom. The second-order valence-electron chi connectivity index (χ2n) is 6.03. The van der Waals surface area contributed by atoms with Crippen LogP contribution in [0.4, 0.5) is 0 Å². The summed E-state index contributed by atoms with van der Waals surface area (Å²) >= 11 is 0. The number of pyridine rings is 1. The molecule has 0 N–H and O–H groups in total. The summed E-state index contributed by atoms with van der Waals surface area (Å²) < 4.78 is 2.38. The fourth-order valence-electron chi connectivity index (χ4n) is 2.69. The van der Waals surface area contributed by atoms with Crippen LogP contribution in [-0.4, -0.2) is 0 Å². The molecule has 1 aromatic heterocycles. The first-order valence-corrected chi connectivity index (χ1v) is 8.84. The van der Waals surface area contributed by atoms with Gasteiger partial charge in [0, 0.05) is 18.1 Å². The Kier molecular flexibility index (Phi) is 10.3. The first-order chi connectivity index (χ1) is 9.86. The molecule has 1 aromatic rings. The van der Waals surface area contributed by atoms with E-state index >= 15 is 0 Å². The zero-order valence-corrected chi connectivity index (χ0v) is 13.7. The average molecular weight is 276 g/mol. The smallest absolute Gasteiger partial charge is 0.171 e. The van der Waals surface area contributed by atoms with Gasteiger partial charge in [0.1, 0.15) is 6.54 Å². The normalized spacial score (nSPS) is 10.9. The molecule has 1 heteroatoms. The molecule has 0 bridgehead atoms. The van der Waals surface area contributed by atoms with E-state index in [1.807, 2.05) is 0 Å². The first kappa shape index (κ1) is 17.2. The highest BCUT2D eigenvalue weighted by Crippen LogP contribution is 2.07. The number of aromatic nitrogens is 1. The van der Waals surface area contributed by atoms with Gasteiger partial charge in [0.2, 0.25) is 0 Å². The summed E-state index contributed by atoms with van der Waals surface area (Å²) in [6, 6.07) is 4.50. The summed E-state index contributed by atoms with van der Waals surface area (Å²) in [5.74, 6) is 0. The lowest BCUT2D eigenvalue weighted by atomic mass is 10.1. The van der Waals surface area contributed by atoms with E-state index in [1.165, 1.54) is 82.7 Å². The molecular weight excluding hydrogens is 242 g/mol. The van der Waals surface area contributed by atoms with Gasteiger partial charge in [-0.1, -0.05) is 58.8 Å². The van der Waals surface area contributed by atoms with Crippen LogP contribution in [0.25, 0.3) is 0 Å². The Balaban J connectivity index is 2.18. The average Bonchev–Trinajstić information content (AvgIpc) is 2.48.